The monoisotopic (exact) mass is 404 g/mol. The Hall–Kier alpha value is -1.99. The van der Waals surface area contributed by atoms with Crippen LogP contribution < -0.4 is 5.32 Å². The second kappa shape index (κ2) is 7.56. The molecule has 0 saturated carbocycles. The SMILES string of the molecule is CC1CCN(C(=O)C(=O)Nc2c3c(nn2-c2cccc(Cl)c2)CSC3)CC1. The lowest BCUT2D eigenvalue weighted by Crippen LogP contribution is -2.44. The van der Waals surface area contributed by atoms with E-state index in [2.05, 4.69) is 17.3 Å². The largest absolute Gasteiger partial charge is 0.334 e. The van der Waals surface area contributed by atoms with Crippen LogP contribution in [0.15, 0.2) is 24.3 Å². The number of rotatable bonds is 2. The highest BCUT2D eigenvalue weighted by atomic mass is 35.5. The van der Waals surface area contributed by atoms with Gasteiger partial charge in [-0.3, -0.25) is 9.59 Å². The van der Waals surface area contributed by atoms with Crippen molar-refractivity contribution in [1.82, 2.24) is 14.7 Å². The minimum absolute atomic E-state index is 0.472. The number of halogens is 1. The maximum Gasteiger partial charge on any atom is 0.315 e. The van der Waals surface area contributed by atoms with Crippen molar-refractivity contribution in [1.29, 1.82) is 0 Å². The molecule has 1 fully saturated rings. The van der Waals surface area contributed by atoms with Crippen LogP contribution in [0.2, 0.25) is 5.02 Å². The van der Waals surface area contributed by atoms with Crippen LogP contribution in [-0.2, 0) is 21.1 Å². The Kier molecular flexibility index (Phi) is 5.14. The summed E-state index contributed by atoms with van der Waals surface area (Å²) in [6, 6.07) is 7.30. The molecular weight excluding hydrogens is 384 g/mol. The van der Waals surface area contributed by atoms with Gasteiger partial charge >= 0.3 is 11.8 Å². The van der Waals surface area contributed by atoms with E-state index >= 15 is 0 Å². The molecule has 2 amide bonds. The highest BCUT2D eigenvalue weighted by molar-refractivity contribution is 7.98. The van der Waals surface area contributed by atoms with Crippen molar-refractivity contribution in [3.05, 3.63) is 40.5 Å². The number of carbonyl (C=O) groups is 2. The van der Waals surface area contributed by atoms with Crippen molar-refractivity contribution in [2.75, 3.05) is 18.4 Å². The Balaban J connectivity index is 1.60. The third kappa shape index (κ3) is 3.71. The molecule has 0 unspecified atom stereocenters. The Morgan fingerprint density at radius 3 is 2.78 bits per heavy atom. The first kappa shape index (κ1) is 18.4. The van der Waals surface area contributed by atoms with Crippen molar-refractivity contribution in [2.45, 2.75) is 31.3 Å². The lowest BCUT2D eigenvalue weighted by atomic mass is 9.99. The van der Waals surface area contributed by atoms with Gasteiger partial charge in [0.1, 0.15) is 5.82 Å². The van der Waals surface area contributed by atoms with Crippen molar-refractivity contribution < 1.29 is 9.59 Å². The number of benzene rings is 1. The molecule has 1 aromatic heterocycles. The van der Waals surface area contributed by atoms with Crippen molar-refractivity contribution >= 4 is 41.0 Å². The van der Waals surface area contributed by atoms with Gasteiger partial charge in [0, 0.05) is 35.2 Å². The standard InChI is InChI=1S/C19H21ClN4O2S/c1-12-5-7-23(8-6-12)19(26)18(25)21-17-15-10-27-11-16(15)22-24(17)14-4-2-3-13(20)9-14/h2-4,9,12H,5-8,10-11H2,1H3,(H,21,25). The van der Waals surface area contributed by atoms with Gasteiger partial charge in [0.25, 0.3) is 0 Å². The fraction of sp³-hybridized carbons (Fsp3) is 0.421. The molecule has 8 heteroatoms. The maximum absolute atomic E-state index is 12.7. The number of likely N-dealkylation sites (tertiary alicyclic amines) is 1. The topological polar surface area (TPSA) is 67.2 Å². The third-order valence-electron chi connectivity index (χ3n) is 5.10. The number of fused-ring (bicyclic) bond motifs is 1. The molecule has 4 rings (SSSR count). The zero-order valence-electron chi connectivity index (χ0n) is 15.1. The first-order valence-electron chi connectivity index (χ1n) is 9.07. The van der Waals surface area contributed by atoms with E-state index in [1.165, 1.54) is 0 Å². The summed E-state index contributed by atoms with van der Waals surface area (Å²) in [5.41, 5.74) is 2.68. The highest BCUT2D eigenvalue weighted by Crippen LogP contribution is 2.36. The molecule has 0 radical (unpaired) electrons. The summed E-state index contributed by atoms with van der Waals surface area (Å²) in [4.78, 5) is 26.9. The first-order chi connectivity index (χ1) is 13.0. The number of hydrogen-bond donors (Lipinski definition) is 1. The summed E-state index contributed by atoms with van der Waals surface area (Å²) < 4.78 is 1.68. The molecular formula is C19H21ClN4O2S. The molecule has 2 aliphatic rings. The number of thioether (sulfide) groups is 1. The van der Waals surface area contributed by atoms with Crippen LogP contribution in [0, 0.1) is 5.92 Å². The van der Waals surface area contributed by atoms with Crippen molar-refractivity contribution in [3.8, 4) is 5.69 Å². The number of anilines is 1. The third-order valence-corrected chi connectivity index (χ3v) is 6.31. The number of amides is 2. The first-order valence-corrected chi connectivity index (χ1v) is 10.6. The molecule has 2 aliphatic heterocycles. The van der Waals surface area contributed by atoms with Crippen LogP contribution >= 0.6 is 23.4 Å². The zero-order valence-corrected chi connectivity index (χ0v) is 16.6. The Bertz CT molecular complexity index is 890. The van der Waals surface area contributed by atoms with E-state index in [4.69, 9.17) is 11.6 Å². The summed E-state index contributed by atoms with van der Waals surface area (Å²) >= 11 is 7.86. The summed E-state index contributed by atoms with van der Waals surface area (Å²) in [7, 11) is 0. The minimum Gasteiger partial charge on any atom is -0.334 e. The molecule has 2 aromatic rings. The predicted molar refractivity (Wildman–Crippen MR) is 107 cm³/mol. The van der Waals surface area contributed by atoms with E-state index in [1.807, 2.05) is 12.1 Å². The fourth-order valence-electron chi connectivity index (χ4n) is 3.45. The molecule has 0 spiro atoms. The minimum atomic E-state index is -0.604. The van der Waals surface area contributed by atoms with Crippen LogP contribution in [0.4, 0.5) is 5.82 Å². The van der Waals surface area contributed by atoms with Gasteiger partial charge < -0.3 is 10.2 Å². The maximum atomic E-state index is 12.7. The van der Waals surface area contributed by atoms with Gasteiger partial charge in [0.05, 0.1) is 11.4 Å². The van der Waals surface area contributed by atoms with Crippen LogP contribution in [-0.4, -0.2) is 39.6 Å². The molecule has 1 saturated heterocycles. The average molecular weight is 405 g/mol. The lowest BCUT2D eigenvalue weighted by Gasteiger charge is -2.29. The van der Waals surface area contributed by atoms with E-state index < -0.39 is 11.8 Å². The van der Waals surface area contributed by atoms with Crippen LogP contribution in [0.5, 0.6) is 0 Å². The molecule has 27 heavy (non-hydrogen) atoms. The van der Waals surface area contributed by atoms with Crippen LogP contribution in [0.3, 0.4) is 0 Å². The smallest absolute Gasteiger partial charge is 0.315 e. The quantitative estimate of drug-likeness (QED) is 0.778. The Morgan fingerprint density at radius 2 is 2.04 bits per heavy atom. The van der Waals surface area contributed by atoms with Gasteiger partial charge in [0.2, 0.25) is 0 Å². The molecule has 0 aliphatic carbocycles. The molecule has 142 valence electrons. The predicted octanol–water partition coefficient (Wildman–Crippen LogP) is 3.47. The Morgan fingerprint density at radius 1 is 1.26 bits per heavy atom. The molecule has 3 heterocycles. The van der Waals surface area contributed by atoms with Gasteiger partial charge in [-0.2, -0.15) is 16.9 Å². The zero-order chi connectivity index (χ0) is 19.0. The van der Waals surface area contributed by atoms with Gasteiger partial charge in [-0.05, 0) is 37.0 Å². The van der Waals surface area contributed by atoms with Gasteiger partial charge in [-0.25, -0.2) is 4.68 Å². The molecule has 1 aromatic carbocycles. The number of carbonyl (C=O) groups excluding carboxylic acids is 2. The van der Waals surface area contributed by atoms with E-state index in [0.717, 1.165) is 41.3 Å². The van der Waals surface area contributed by atoms with E-state index in [1.54, 1.807) is 33.5 Å². The second-order valence-electron chi connectivity index (χ2n) is 7.09. The van der Waals surface area contributed by atoms with E-state index in [0.29, 0.717) is 29.8 Å². The van der Waals surface area contributed by atoms with Gasteiger partial charge in [0.15, 0.2) is 0 Å². The second-order valence-corrected chi connectivity index (χ2v) is 8.51. The average Bonchev–Trinajstić information content (AvgIpc) is 3.24. The summed E-state index contributed by atoms with van der Waals surface area (Å²) in [6.45, 7) is 3.44. The number of piperidine rings is 1. The van der Waals surface area contributed by atoms with Crippen molar-refractivity contribution in [2.24, 2.45) is 5.92 Å². The number of hydrogen-bond acceptors (Lipinski definition) is 4. The molecule has 6 nitrogen and oxygen atoms in total. The summed E-state index contributed by atoms with van der Waals surface area (Å²) in [5.74, 6) is 1.65. The number of nitrogens with zero attached hydrogens (tertiary/aromatic N) is 3. The summed E-state index contributed by atoms with van der Waals surface area (Å²) in [5, 5.41) is 8.06. The lowest BCUT2D eigenvalue weighted by molar-refractivity contribution is -0.144. The molecule has 0 bridgehead atoms. The molecule has 1 N–H and O–H groups in total. The van der Waals surface area contributed by atoms with Gasteiger partial charge in [-0.15, -0.1) is 0 Å². The number of aromatic nitrogens is 2. The van der Waals surface area contributed by atoms with E-state index in [9.17, 15) is 9.59 Å². The van der Waals surface area contributed by atoms with Gasteiger partial charge in [-0.1, -0.05) is 24.6 Å². The highest BCUT2D eigenvalue weighted by Gasteiger charge is 2.29. The summed E-state index contributed by atoms with van der Waals surface area (Å²) in [6.07, 6.45) is 1.87. The number of nitrogens with one attached hydrogen (secondary N) is 1. The van der Waals surface area contributed by atoms with Crippen molar-refractivity contribution in [3.63, 3.8) is 0 Å². The Labute approximate surface area is 167 Å². The molecule has 0 atom stereocenters. The van der Waals surface area contributed by atoms with Crippen LogP contribution in [0.1, 0.15) is 31.0 Å². The normalized spacial score (nSPS) is 17.0. The fourth-order valence-corrected chi connectivity index (χ4v) is 4.67. The van der Waals surface area contributed by atoms with E-state index in [-0.39, 0.29) is 0 Å². The van der Waals surface area contributed by atoms with Crippen LogP contribution in [0.25, 0.3) is 5.69 Å².